The van der Waals surface area contributed by atoms with Gasteiger partial charge in [0, 0.05) is 11.2 Å². The molecule has 58 valence electrons. The minimum absolute atomic E-state index is 0. The quantitative estimate of drug-likeness (QED) is 0.443. The first kappa shape index (κ1) is 11.5. The van der Waals surface area contributed by atoms with E-state index in [1.807, 2.05) is 0 Å². The van der Waals surface area contributed by atoms with Crippen LogP contribution in [0.2, 0.25) is 5.02 Å². The van der Waals surface area contributed by atoms with Gasteiger partial charge in [-0.25, -0.2) is 0 Å². The van der Waals surface area contributed by atoms with Crippen molar-refractivity contribution in [1.29, 1.82) is 0 Å². The molecule has 0 saturated heterocycles. The third-order valence-electron chi connectivity index (χ3n) is 1.33. The molecule has 0 radical (unpaired) electrons. The van der Waals surface area contributed by atoms with E-state index in [0.29, 0.717) is 10.6 Å². The van der Waals surface area contributed by atoms with Crippen LogP contribution in [0, 0.1) is 6.92 Å². The Bertz CT molecular complexity index is 303. The summed E-state index contributed by atoms with van der Waals surface area (Å²) in [6.45, 7) is 1.58. The summed E-state index contributed by atoms with van der Waals surface area (Å²) in [6, 6.07) is 1.53. The molecule has 0 unspecified atom stereocenters. The van der Waals surface area contributed by atoms with Gasteiger partial charge in [0.1, 0.15) is 0 Å². The Labute approximate surface area is 86.9 Å². The van der Waals surface area contributed by atoms with E-state index in [-0.39, 0.29) is 24.6 Å². The minimum Gasteiger partial charge on any atom is -0.543 e. The van der Waals surface area contributed by atoms with Crippen molar-refractivity contribution in [3.63, 3.8) is 0 Å². The molecular formula is C7H5ClLiNO2. The number of pyridine rings is 1. The first-order chi connectivity index (χ1) is 5.13. The number of carboxylic acid groups (broad SMARTS) is 1. The number of carbonyl (C=O) groups excluding carboxylic acids is 1. The molecule has 0 spiro atoms. The summed E-state index contributed by atoms with van der Waals surface area (Å²) in [4.78, 5) is 13.9. The molecule has 0 atom stereocenters. The van der Waals surface area contributed by atoms with Crippen molar-refractivity contribution >= 4 is 17.6 Å². The number of halogens is 1. The van der Waals surface area contributed by atoms with Gasteiger partial charge in [0.25, 0.3) is 0 Å². The molecule has 1 rings (SSSR count). The van der Waals surface area contributed by atoms with Gasteiger partial charge >= 0.3 is 18.9 Å². The van der Waals surface area contributed by atoms with E-state index in [0.717, 1.165) is 0 Å². The van der Waals surface area contributed by atoms with E-state index in [2.05, 4.69) is 4.98 Å². The second-order valence-electron chi connectivity index (χ2n) is 2.05. The summed E-state index contributed by atoms with van der Waals surface area (Å²) in [5.41, 5.74) is 0.340. The molecule has 12 heavy (non-hydrogen) atoms. The molecule has 0 aliphatic rings. The fourth-order valence-corrected chi connectivity index (χ4v) is 0.864. The standard InChI is InChI=1S/C7H6ClNO2.Li/c1-4-5(8)2-3-9-6(4)7(10)11;/h2-3H,1H3,(H,10,11);/q;+1/p-1. The molecule has 1 aromatic heterocycles. The zero-order valence-electron chi connectivity index (χ0n) is 6.80. The normalized spacial score (nSPS) is 8.83. The van der Waals surface area contributed by atoms with Gasteiger partial charge in [-0.2, -0.15) is 0 Å². The molecular weight excluding hydrogens is 172 g/mol. The van der Waals surface area contributed by atoms with Crippen LogP contribution in [0.1, 0.15) is 16.1 Å². The Kier molecular flexibility index (Phi) is 4.33. The van der Waals surface area contributed by atoms with Gasteiger partial charge in [-0.3, -0.25) is 4.98 Å². The predicted octanol–water partition coefficient (Wildman–Crippen LogP) is -2.59. The maximum atomic E-state index is 10.3. The van der Waals surface area contributed by atoms with E-state index in [1.54, 1.807) is 6.92 Å². The zero-order valence-corrected chi connectivity index (χ0v) is 7.55. The van der Waals surface area contributed by atoms with Crippen LogP contribution in [0.15, 0.2) is 12.3 Å². The van der Waals surface area contributed by atoms with Crippen LogP contribution in [0.4, 0.5) is 0 Å². The van der Waals surface area contributed by atoms with E-state index < -0.39 is 5.97 Å². The average Bonchev–Trinajstić information content (AvgIpc) is 1.94. The maximum Gasteiger partial charge on any atom is 1.00 e. The maximum absolute atomic E-state index is 10.3. The number of hydrogen-bond acceptors (Lipinski definition) is 3. The molecule has 0 bridgehead atoms. The third-order valence-corrected chi connectivity index (χ3v) is 1.74. The predicted molar refractivity (Wildman–Crippen MR) is 38.3 cm³/mol. The first-order valence-electron chi connectivity index (χ1n) is 2.95. The average molecular weight is 178 g/mol. The molecule has 0 aliphatic heterocycles. The number of carbonyl (C=O) groups is 1. The van der Waals surface area contributed by atoms with Crippen molar-refractivity contribution in [1.82, 2.24) is 4.98 Å². The fraction of sp³-hybridized carbons (Fsp3) is 0.143. The smallest absolute Gasteiger partial charge is 0.543 e. The van der Waals surface area contributed by atoms with Gasteiger partial charge < -0.3 is 9.90 Å². The fourth-order valence-electron chi connectivity index (χ4n) is 0.718. The van der Waals surface area contributed by atoms with Crippen LogP contribution in [0.5, 0.6) is 0 Å². The second kappa shape index (κ2) is 4.51. The van der Waals surface area contributed by atoms with Gasteiger partial charge in [-0.1, -0.05) is 11.6 Å². The van der Waals surface area contributed by atoms with E-state index in [1.165, 1.54) is 12.3 Å². The van der Waals surface area contributed by atoms with Crippen molar-refractivity contribution in [2.24, 2.45) is 0 Å². The molecule has 0 fully saturated rings. The Balaban J connectivity index is 0.00000121. The van der Waals surface area contributed by atoms with Gasteiger partial charge in [0.2, 0.25) is 0 Å². The minimum atomic E-state index is -1.30. The largest absolute Gasteiger partial charge is 1.00 e. The van der Waals surface area contributed by atoms with Gasteiger partial charge in [0.15, 0.2) is 0 Å². The van der Waals surface area contributed by atoms with Crippen molar-refractivity contribution in [3.05, 3.63) is 28.5 Å². The summed E-state index contributed by atoms with van der Waals surface area (Å²) in [5.74, 6) is -1.30. The first-order valence-corrected chi connectivity index (χ1v) is 3.33. The molecule has 0 amide bonds. The van der Waals surface area contributed by atoms with Crippen LogP contribution in [0.25, 0.3) is 0 Å². The van der Waals surface area contributed by atoms with E-state index in [4.69, 9.17) is 11.6 Å². The van der Waals surface area contributed by atoms with Crippen LogP contribution in [0.3, 0.4) is 0 Å². The van der Waals surface area contributed by atoms with Crippen LogP contribution >= 0.6 is 11.6 Å². The molecule has 1 heterocycles. The van der Waals surface area contributed by atoms with Gasteiger partial charge in [0.05, 0.1) is 11.7 Å². The van der Waals surface area contributed by atoms with E-state index in [9.17, 15) is 9.90 Å². The Hall–Kier alpha value is -0.493. The molecule has 1 aromatic rings. The van der Waals surface area contributed by atoms with E-state index >= 15 is 0 Å². The van der Waals surface area contributed by atoms with Crippen molar-refractivity contribution in [2.75, 3.05) is 0 Å². The Morgan fingerprint density at radius 1 is 1.67 bits per heavy atom. The molecule has 0 aliphatic carbocycles. The third kappa shape index (κ3) is 2.24. The van der Waals surface area contributed by atoms with Crippen molar-refractivity contribution in [2.45, 2.75) is 6.92 Å². The number of hydrogen-bond donors (Lipinski definition) is 0. The van der Waals surface area contributed by atoms with Crippen LogP contribution in [-0.4, -0.2) is 11.0 Å². The number of aromatic carboxylic acids is 1. The summed E-state index contributed by atoms with van der Waals surface area (Å²) >= 11 is 5.63. The number of nitrogens with zero attached hydrogens (tertiary/aromatic N) is 1. The summed E-state index contributed by atoms with van der Waals surface area (Å²) in [7, 11) is 0. The monoisotopic (exact) mass is 177 g/mol. The van der Waals surface area contributed by atoms with Crippen LogP contribution in [-0.2, 0) is 0 Å². The summed E-state index contributed by atoms with van der Waals surface area (Å²) in [6.07, 6.45) is 1.33. The SMILES string of the molecule is Cc1c(Cl)ccnc1C(=O)[O-].[Li+]. The number of aromatic nitrogens is 1. The number of carboxylic acids is 1. The van der Waals surface area contributed by atoms with Gasteiger partial charge in [-0.05, 0) is 18.6 Å². The molecule has 3 nitrogen and oxygen atoms in total. The molecule has 0 saturated carbocycles. The van der Waals surface area contributed by atoms with Gasteiger partial charge in [-0.15, -0.1) is 0 Å². The molecule has 0 aromatic carbocycles. The topological polar surface area (TPSA) is 53.0 Å². The summed E-state index contributed by atoms with van der Waals surface area (Å²) < 4.78 is 0. The number of rotatable bonds is 1. The molecule has 5 heteroatoms. The Morgan fingerprint density at radius 3 is 2.67 bits per heavy atom. The van der Waals surface area contributed by atoms with Crippen LogP contribution < -0.4 is 24.0 Å². The summed E-state index contributed by atoms with van der Waals surface area (Å²) in [5, 5.41) is 10.7. The molecule has 0 N–H and O–H groups in total. The Morgan fingerprint density at radius 2 is 2.25 bits per heavy atom. The van der Waals surface area contributed by atoms with Crippen molar-refractivity contribution in [3.8, 4) is 0 Å². The second-order valence-corrected chi connectivity index (χ2v) is 2.46. The zero-order chi connectivity index (χ0) is 8.43. The van der Waals surface area contributed by atoms with Crippen molar-refractivity contribution < 1.29 is 28.8 Å².